The first-order valence-electron chi connectivity index (χ1n) is 9.83. The van der Waals surface area contributed by atoms with Crippen LogP contribution in [-0.2, 0) is 4.79 Å². The molecule has 0 radical (unpaired) electrons. The highest BCUT2D eigenvalue weighted by Crippen LogP contribution is 2.25. The van der Waals surface area contributed by atoms with Crippen LogP contribution >= 0.6 is 35.1 Å². The Hall–Kier alpha value is -1.61. The van der Waals surface area contributed by atoms with Gasteiger partial charge in [-0.3, -0.25) is 4.79 Å². The van der Waals surface area contributed by atoms with Crippen LogP contribution in [0.4, 0.5) is 0 Å². The average molecular weight is 466 g/mol. The van der Waals surface area contributed by atoms with E-state index in [0.29, 0.717) is 10.2 Å². The highest BCUT2D eigenvalue weighted by Gasteiger charge is 2.11. The predicted molar refractivity (Wildman–Crippen MR) is 128 cm³/mol. The largest absolute Gasteiger partial charge is 0.303 e. The van der Waals surface area contributed by atoms with Gasteiger partial charge in [-0.25, -0.2) is 15.4 Å². The summed E-state index contributed by atoms with van der Waals surface area (Å²) in [5, 5.41) is 6.23. The van der Waals surface area contributed by atoms with Crippen LogP contribution in [0.25, 0.3) is 0 Å². The van der Waals surface area contributed by atoms with E-state index in [1.165, 1.54) is 11.8 Å². The molecule has 30 heavy (non-hydrogen) atoms. The number of thioether (sulfide) groups is 2. The first kappa shape index (κ1) is 24.7. The molecular weight excluding hydrogens is 438 g/mol. The Labute approximate surface area is 192 Å². The molecule has 0 spiro atoms. The van der Waals surface area contributed by atoms with Crippen LogP contribution in [-0.4, -0.2) is 58.1 Å². The van der Waals surface area contributed by atoms with Crippen LogP contribution in [0, 0.1) is 13.8 Å². The zero-order valence-corrected chi connectivity index (χ0v) is 20.2. The molecule has 6 nitrogen and oxygen atoms in total. The first-order valence-corrected chi connectivity index (χ1v) is 12.2. The topological polar surface area (TPSA) is 70.5 Å². The Kier molecular flexibility index (Phi) is 10.6. The fourth-order valence-corrected chi connectivity index (χ4v) is 4.41. The van der Waals surface area contributed by atoms with E-state index in [9.17, 15) is 4.79 Å². The van der Waals surface area contributed by atoms with Gasteiger partial charge in [0.2, 0.25) is 0 Å². The number of amides is 1. The zero-order valence-electron chi connectivity index (χ0n) is 17.8. The second-order valence-corrected chi connectivity index (χ2v) is 8.99. The number of aryl methyl sites for hydroxylation is 1. The van der Waals surface area contributed by atoms with Gasteiger partial charge < -0.3 is 4.90 Å². The van der Waals surface area contributed by atoms with E-state index in [4.69, 9.17) is 11.6 Å². The summed E-state index contributed by atoms with van der Waals surface area (Å²) in [5.41, 5.74) is 5.43. The van der Waals surface area contributed by atoms with Gasteiger partial charge in [0.1, 0.15) is 5.03 Å². The van der Waals surface area contributed by atoms with E-state index in [2.05, 4.69) is 39.2 Å². The molecule has 9 heteroatoms. The van der Waals surface area contributed by atoms with Crippen molar-refractivity contribution in [1.82, 2.24) is 20.3 Å². The third kappa shape index (κ3) is 8.26. The molecule has 0 aliphatic carbocycles. The summed E-state index contributed by atoms with van der Waals surface area (Å²) >= 11 is 8.90. The Bertz CT molecular complexity index is 857. The van der Waals surface area contributed by atoms with E-state index in [1.54, 1.807) is 30.1 Å². The van der Waals surface area contributed by atoms with Gasteiger partial charge >= 0.3 is 0 Å². The fourth-order valence-electron chi connectivity index (χ4n) is 2.48. The molecular formula is C21H28ClN5OS2. The lowest BCUT2D eigenvalue weighted by atomic mass is 10.2. The number of hydrogen-bond acceptors (Lipinski definition) is 7. The van der Waals surface area contributed by atoms with Crippen LogP contribution in [0.1, 0.15) is 30.7 Å². The number of aromatic nitrogens is 2. The van der Waals surface area contributed by atoms with Crippen LogP contribution in [0.2, 0.25) is 5.02 Å². The average Bonchev–Trinajstić information content (AvgIpc) is 2.74. The van der Waals surface area contributed by atoms with Crippen LogP contribution in [0.3, 0.4) is 0 Å². The van der Waals surface area contributed by atoms with Crippen molar-refractivity contribution in [2.24, 2.45) is 5.10 Å². The minimum Gasteiger partial charge on any atom is -0.303 e. The van der Waals surface area contributed by atoms with Gasteiger partial charge in [-0.1, -0.05) is 49.3 Å². The summed E-state index contributed by atoms with van der Waals surface area (Å²) < 4.78 is 0. The molecule has 0 bridgehead atoms. The molecule has 1 N–H and O–H groups in total. The van der Waals surface area contributed by atoms with Crippen LogP contribution < -0.4 is 5.43 Å². The monoisotopic (exact) mass is 465 g/mol. The standard InChI is InChI=1S/C21H28ClN5OS2/c1-5-27(6-2)11-12-29-20-15(3)16(4)24-21(25-20)30-14-19(28)26-23-13-17-7-9-18(22)10-8-17/h7-10,13H,5-6,11-12,14H2,1-4H3,(H,26,28). The molecule has 0 aliphatic rings. The van der Waals surface area contributed by atoms with Gasteiger partial charge in [0.25, 0.3) is 5.91 Å². The summed E-state index contributed by atoms with van der Waals surface area (Å²) in [4.78, 5) is 23.6. The molecule has 2 aromatic rings. The maximum atomic E-state index is 12.1. The number of halogens is 1. The quantitative estimate of drug-likeness (QED) is 0.174. The maximum Gasteiger partial charge on any atom is 0.250 e. The molecule has 0 saturated carbocycles. The Balaban J connectivity index is 1.87. The third-order valence-corrected chi connectivity index (χ3v) is 6.63. The SMILES string of the molecule is CCN(CC)CCSc1nc(SCC(=O)NN=Cc2ccc(Cl)cc2)nc(C)c1C. The van der Waals surface area contributed by atoms with Gasteiger partial charge in [-0.15, -0.1) is 11.8 Å². The summed E-state index contributed by atoms with van der Waals surface area (Å²) in [6.07, 6.45) is 1.58. The summed E-state index contributed by atoms with van der Waals surface area (Å²) in [7, 11) is 0. The summed E-state index contributed by atoms with van der Waals surface area (Å²) in [6, 6.07) is 7.20. The lowest BCUT2D eigenvalue weighted by molar-refractivity contribution is -0.118. The van der Waals surface area contributed by atoms with Crippen molar-refractivity contribution < 1.29 is 4.79 Å². The lowest BCUT2D eigenvalue weighted by Crippen LogP contribution is -2.25. The zero-order chi connectivity index (χ0) is 21.9. The number of hydrazone groups is 1. The van der Waals surface area contributed by atoms with Gasteiger partial charge in [0, 0.05) is 28.6 Å². The molecule has 0 fully saturated rings. The molecule has 1 amide bonds. The minimum absolute atomic E-state index is 0.198. The smallest absolute Gasteiger partial charge is 0.250 e. The van der Waals surface area contributed by atoms with Crippen molar-refractivity contribution in [3.05, 3.63) is 46.1 Å². The molecule has 1 heterocycles. The van der Waals surface area contributed by atoms with E-state index < -0.39 is 0 Å². The minimum atomic E-state index is -0.206. The third-order valence-electron chi connectivity index (χ3n) is 4.47. The second kappa shape index (κ2) is 12.9. The van der Waals surface area contributed by atoms with E-state index in [-0.39, 0.29) is 11.7 Å². The molecule has 0 unspecified atom stereocenters. The lowest BCUT2D eigenvalue weighted by Gasteiger charge is -2.17. The number of carbonyl (C=O) groups excluding carboxylic acids is 1. The van der Waals surface area contributed by atoms with Gasteiger partial charge in [-0.05, 0) is 44.6 Å². The molecule has 0 aliphatic heterocycles. The van der Waals surface area contributed by atoms with Gasteiger partial charge in [-0.2, -0.15) is 5.10 Å². The van der Waals surface area contributed by atoms with Crippen molar-refractivity contribution >= 4 is 47.2 Å². The first-order chi connectivity index (χ1) is 14.4. The van der Waals surface area contributed by atoms with E-state index >= 15 is 0 Å². The molecule has 2 rings (SSSR count). The summed E-state index contributed by atoms with van der Waals surface area (Å²) in [6.45, 7) is 11.5. The molecule has 162 valence electrons. The van der Waals surface area contributed by atoms with E-state index in [1.807, 2.05) is 26.0 Å². The highest BCUT2D eigenvalue weighted by atomic mass is 35.5. The summed E-state index contributed by atoms with van der Waals surface area (Å²) in [5.74, 6) is 0.968. The van der Waals surface area contributed by atoms with Crippen molar-refractivity contribution in [3.8, 4) is 0 Å². The fraction of sp³-hybridized carbons (Fsp3) is 0.429. The number of carbonyl (C=O) groups is 1. The number of nitrogens with zero attached hydrogens (tertiary/aromatic N) is 4. The normalized spacial score (nSPS) is 11.4. The molecule has 0 saturated heterocycles. The van der Waals surface area contributed by atoms with Crippen LogP contribution in [0.15, 0.2) is 39.5 Å². The predicted octanol–water partition coefficient (Wildman–Crippen LogP) is 4.42. The molecule has 1 aromatic heterocycles. The van der Waals surface area contributed by atoms with Gasteiger partial charge in [0.15, 0.2) is 5.16 Å². The van der Waals surface area contributed by atoms with Crippen molar-refractivity contribution in [2.75, 3.05) is 31.1 Å². The molecule has 1 aromatic carbocycles. The van der Waals surface area contributed by atoms with Crippen LogP contribution in [0.5, 0.6) is 0 Å². The Morgan fingerprint density at radius 3 is 2.53 bits per heavy atom. The number of nitrogens with one attached hydrogen (secondary N) is 1. The number of rotatable bonds is 11. The van der Waals surface area contributed by atoms with E-state index in [0.717, 1.165) is 47.2 Å². The van der Waals surface area contributed by atoms with Gasteiger partial charge in [0.05, 0.1) is 12.0 Å². The Morgan fingerprint density at radius 2 is 1.87 bits per heavy atom. The second-order valence-electron chi connectivity index (χ2n) is 6.53. The molecule has 0 atom stereocenters. The van der Waals surface area contributed by atoms with Crippen molar-refractivity contribution in [2.45, 2.75) is 37.9 Å². The number of hydrogen-bond donors (Lipinski definition) is 1. The number of benzene rings is 1. The van der Waals surface area contributed by atoms with Crippen molar-refractivity contribution in [3.63, 3.8) is 0 Å². The maximum absolute atomic E-state index is 12.1. The highest BCUT2D eigenvalue weighted by molar-refractivity contribution is 8.00. The van der Waals surface area contributed by atoms with Crippen molar-refractivity contribution in [1.29, 1.82) is 0 Å². The Morgan fingerprint density at radius 1 is 1.17 bits per heavy atom.